The van der Waals surface area contributed by atoms with Gasteiger partial charge in [0.1, 0.15) is 0 Å². The molecule has 0 bridgehead atoms. The Morgan fingerprint density at radius 1 is 1.14 bits per heavy atom. The van der Waals surface area contributed by atoms with E-state index in [1.807, 2.05) is 11.0 Å². The Kier molecular flexibility index (Phi) is 5.46. The van der Waals surface area contributed by atoms with E-state index in [4.69, 9.17) is 4.42 Å². The minimum absolute atomic E-state index is 0.169. The van der Waals surface area contributed by atoms with Crippen LogP contribution in [0, 0.1) is 0 Å². The van der Waals surface area contributed by atoms with Crippen LogP contribution in [0.4, 0.5) is 0 Å². The van der Waals surface area contributed by atoms with Gasteiger partial charge < -0.3 is 19.6 Å². The number of aromatic nitrogens is 1. The molecule has 6 nitrogen and oxygen atoms in total. The van der Waals surface area contributed by atoms with Crippen LogP contribution in [-0.2, 0) is 4.79 Å². The summed E-state index contributed by atoms with van der Waals surface area (Å²) < 4.78 is 5.04. The number of furan rings is 1. The van der Waals surface area contributed by atoms with Crippen molar-refractivity contribution in [2.75, 3.05) is 19.6 Å². The van der Waals surface area contributed by atoms with Gasteiger partial charge in [-0.05, 0) is 48.9 Å². The van der Waals surface area contributed by atoms with Crippen LogP contribution in [0.15, 0.2) is 53.1 Å². The third-order valence-corrected chi connectivity index (χ3v) is 5.44. The Morgan fingerprint density at radius 3 is 2.71 bits per heavy atom. The molecule has 146 valence electrons. The van der Waals surface area contributed by atoms with E-state index in [0.29, 0.717) is 31.1 Å². The first kappa shape index (κ1) is 18.3. The predicted molar refractivity (Wildman–Crippen MR) is 107 cm³/mol. The maximum Gasteiger partial charge on any atom is 0.286 e. The summed E-state index contributed by atoms with van der Waals surface area (Å²) in [4.78, 5) is 29.7. The number of para-hydroxylation sites is 1. The first-order chi connectivity index (χ1) is 13.7. The Morgan fingerprint density at radius 2 is 1.96 bits per heavy atom. The molecule has 3 aromatic rings. The summed E-state index contributed by atoms with van der Waals surface area (Å²) in [6.45, 7) is 2.05. The molecule has 1 aliphatic heterocycles. The summed E-state index contributed by atoms with van der Waals surface area (Å²) in [7, 11) is 0. The number of hydrogen-bond acceptors (Lipinski definition) is 3. The lowest BCUT2D eigenvalue weighted by Gasteiger charge is -2.31. The number of aromatic amines is 1. The van der Waals surface area contributed by atoms with Crippen LogP contribution in [0.1, 0.15) is 47.8 Å². The number of rotatable bonds is 6. The number of piperidine rings is 1. The SMILES string of the molecule is O=C(NCCCC(=O)N1CCC(c2cc3ccccc3[nH]2)CC1)c1ccco1. The average molecular weight is 379 g/mol. The highest BCUT2D eigenvalue weighted by atomic mass is 16.3. The van der Waals surface area contributed by atoms with E-state index >= 15 is 0 Å². The smallest absolute Gasteiger partial charge is 0.286 e. The number of likely N-dealkylation sites (tertiary alicyclic amines) is 1. The van der Waals surface area contributed by atoms with Crippen LogP contribution in [0.2, 0.25) is 0 Å². The summed E-state index contributed by atoms with van der Waals surface area (Å²) in [5.41, 5.74) is 2.45. The third-order valence-electron chi connectivity index (χ3n) is 5.44. The number of hydrogen-bond donors (Lipinski definition) is 2. The van der Waals surface area contributed by atoms with E-state index in [9.17, 15) is 9.59 Å². The fraction of sp³-hybridized carbons (Fsp3) is 0.364. The van der Waals surface area contributed by atoms with Crippen molar-refractivity contribution in [3.63, 3.8) is 0 Å². The zero-order valence-electron chi connectivity index (χ0n) is 15.8. The van der Waals surface area contributed by atoms with Crippen molar-refractivity contribution in [3.05, 3.63) is 60.2 Å². The maximum absolute atomic E-state index is 12.4. The molecule has 2 N–H and O–H groups in total. The van der Waals surface area contributed by atoms with Crippen molar-refractivity contribution in [2.45, 2.75) is 31.6 Å². The molecule has 0 spiro atoms. The molecule has 1 aromatic carbocycles. The zero-order valence-corrected chi connectivity index (χ0v) is 15.8. The zero-order chi connectivity index (χ0) is 19.3. The third kappa shape index (κ3) is 4.11. The van der Waals surface area contributed by atoms with Gasteiger partial charge in [0.05, 0.1) is 6.26 Å². The van der Waals surface area contributed by atoms with Gasteiger partial charge in [-0.3, -0.25) is 9.59 Å². The first-order valence-corrected chi connectivity index (χ1v) is 9.88. The number of amides is 2. The number of fused-ring (bicyclic) bond motifs is 1. The minimum Gasteiger partial charge on any atom is -0.459 e. The lowest BCUT2D eigenvalue weighted by molar-refractivity contribution is -0.132. The van der Waals surface area contributed by atoms with Crippen molar-refractivity contribution in [2.24, 2.45) is 0 Å². The molecule has 3 heterocycles. The van der Waals surface area contributed by atoms with Crippen molar-refractivity contribution >= 4 is 22.7 Å². The van der Waals surface area contributed by atoms with E-state index in [2.05, 4.69) is 34.6 Å². The summed E-state index contributed by atoms with van der Waals surface area (Å²) in [5, 5.41) is 4.02. The lowest BCUT2D eigenvalue weighted by Crippen LogP contribution is -2.38. The summed E-state index contributed by atoms with van der Waals surface area (Å²) in [5.74, 6) is 0.702. The largest absolute Gasteiger partial charge is 0.459 e. The van der Waals surface area contributed by atoms with Crippen LogP contribution in [0.5, 0.6) is 0 Å². The first-order valence-electron chi connectivity index (χ1n) is 9.88. The highest BCUT2D eigenvalue weighted by Crippen LogP contribution is 2.30. The molecular weight excluding hydrogens is 354 g/mol. The van der Waals surface area contributed by atoms with Crippen LogP contribution in [-0.4, -0.2) is 41.3 Å². The maximum atomic E-state index is 12.4. The summed E-state index contributed by atoms with van der Waals surface area (Å²) in [6, 6.07) is 13.9. The number of nitrogens with zero attached hydrogens (tertiary/aromatic N) is 1. The second-order valence-corrected chi connectivity index (χ2v) is 7.30. The fourth-order valence-corrected chi connectivity index (χ4v) is 3.85. The predicted octanol–water partition coefficient (Wildman–Crippen LogP) is 3.68. The Balaban J connectivity index is 1.20. The Labute approximate surface area is 163 Å². The molecule has 0 saturated carbocycles. The van der Waals surface area contributed by atoms with Gasteiger partial charge in [-0.15, -0.1) is 0 Å². The highest BCUT2D eigenvalue weighted by Gasteiger charge is 2.24. The van der Waals surface area contributed by atoms with Gasteiger partial charge >= 0.3 is 0 Å². The van der Waals surface area contributed by atoms with Gasteiger partial charge in [0.15, 0.2) is 5.76 Å². The monoisotopic (exact) mass is 379 g/mol. The average Bonchev–Trinajstić information content (AvgIpc) is 3.41. The van der Waals surface area contributed by atoms with E-state index in [-0.39, 0.29) is 11.8 Å². The molecule has 4 rings (SSSR count). The van der Waals surface area contributed by atoms with Crippen LogP contribution >= 0.6 is 0 Å². The molecular formula is C22H25N3O3. The molecule has 2 aromatic heterocycles. The van der Waals surface area contributed by atoms with Crippen LogP contribution < -0.4 is 5.32 Å². The molecule has 1 aliphatic rings. The number of carbonyl (C=O) groups is 2. The second kappa shape index (κ2) is 8.33. The van der Waals surface area contributed by atoms with Crippen LogP contribution in [0.3, 0.4) is 0 Å². The van der Waals surface area contributed by atoms with Gasteiger partial charge in [0.25, 0.3) is 5.91 Å². The lowest BCUT2D eigenvalue weighted by atomic mass is 9.93. The van der Waals surface area contributed by atoms with Crippen molar-refractivity contribution < 1.29 is 14.0 Å². The minimum atomic E-state index is -0.239. The number of H-pyrrole nitrogens is 1. The normalized spacial score (nSPS) is 15.1. The molecule has 6 heteroatoms. The quantitative estimate of drug-likeness (QED) is 0.642. The van der Waals surface area contributed by atoms with Crippen molar-refractivity contribution in [1.29, 1.82) is 0 Å². The van der Waals surface area contributed by atoms with Gasteiger partial charge in [0.2, 0.25) is 5.91 Å². The second-order valence-electron chi connectivity index (χ2n) is 7.30. The number of nitrogens with one attached hydrogen (secondary N) is 2. The molecule has 0 aliphatic carbocycles. The number of carbonyl (C=O) groups excluding carboxylic acids is 2. The molecule has 1 fully saturated rings. The standard InChI is InChI=1S/C22H25N3O3/c26-21(8-3-11-23-22(27)20-7-4-14-28-20)25-12-9-16(10-13-25)19-15-17-5-1-2-6-18(17)24-19/h1-2,4-7,14-16,24H,3,8-13H2,(H,23,27). The van der Waals surface area contributed by atoms with Gasteiger partial charge in [-0.25, -0.2) is 0 Å². The van der Waals surface area contributed by atoms with E-state index in [1.54, 1.807) is 12.1 Å². The van der Waals surface area contributed by atoms with E-state index < -0.39 is 0 Å². The molecule has 0 atom stereocenters. The number of benzene rings is 1. The van der Waals surface area contributed by atoms with Gasteiger partial charge in [0, 0.05) is 43.2 Å². The molecule has 28 heavy (non-hydrogen) atoms. The summed E-state index contributed by atoms with van der Waals surface area (Å²) in [6.07, 6.45) is 4.52. The van der Waals surface area contributed by atoms with Crippen molar-refractivity contribution in [1.82, 2.24) is 15.2 Å². The molecule has 0 radical (unpaired) electrons. The fourth-order valence-electron chi connectivity index (χ4n) is 3.85. The Hall–Kier alpha value is -3.02. The Bertz CT molecular complexity index is 904. The topological polar surface area (TPSA) is 78.3 Å². The summed E-state index contributed by atoms with van der Waals surface area (Å²) >= 11 is 0. The highest BCUT2D eigenvalue weighted by molar-refractivity contribution is 5.91. The molecule has 1 saturated heterocycles. The van der Waals surface area contributed by atoms with E-state index in [1.165, 1.54) is 22.9 Å². The van der Waals surface area contributed by atoms with E-state index in [0.717, 1.165) is 25.9 Å². The molecule has 2 amide bonds. The van der Waals surface area contributed by atoms with Crippen LogP contribution in [0.25, 0.3) is 10.9 Å². The van der Waals surface area contributed by atoms with Crippen molar-refractivity contribution in [3.8, 4) is 0 Å². The van der Waals surface area contributed by atoms with Gasteiger partial charge in [-0.2, -0.15) is 0 Å². The van der Waals surface area contributed by atoms with Gasteiger partial charge in [-0.1, -0.05) is 18.2 Å². The molecule has 0 unspecified atom stereocenters.